The molecule has 3 atom stereocenters. The van der Waals surface area contributed by atoms with Gasteiger partial charge in [0.25, 0.3) is 0 Å². The lowest BCUT2D eigenvalue weighted by Crippen LogP contribution is -2.60. The molecule has 2 saturated heterocycles. The summed E-state index contributed by atoms with van der Waals surface area (Å²) < 4.78 is 74.2. The maximum Gasteiger partial charge on any atom is 0.421 e. The third-order valence-corrected chi connectivity index (χ3v) is 10.1. The van der Waals surface area contributed by atoms with Gasteiger partial charge in [0.05, 0.1) is 24.2 Å². The van der Waals surface area contributed by atoms with E-state index in [0.29, 0.717) is 49.8 Å². The van der Waals surface area contributed by atoms with Gasteiger partial charge in [0.2, 0.25) is 10.0 Å². The summed E-state index contributed by atoms with van der Waals surface area (Å²) in [5, 5.41) is 10.1. The average molecular weight is 574 g/mol. The standard InChI is InChI=1S/C26H34F3N3O4S2/c1-3-20-18-36-15-14-30(20)16-22-17-31(38(34,35)24-7-5-4-6-23(24)37)12-13-32(22)21-10-8-19(9-11-21)25(2,33)26(27,28)29/h4-5,7-11,20,22,33H,3,6,12-18H2,1-2H3/t20-,22+,25-/m1/s1. The first kappa shape index (κ1) is 29.2. The van der Waals surface area contributed by atoms with Gasteiger partial charge < -0.3 is 14.7 Å². The number of morpholine rings is 1. The molecule has 2 fully saturated rings. The van der Waals surface area contributed by atoms with Crippen molar-refractivity contribution in [2.45, 2.75) is 50.6 Å². The average Bonchev–Trinajstić information content (AvgIpc) is 2.88. The molecule has 0 aromatic heterocycles. The Kier molecular flexibility index (Phi) is 8.70. The number of nitrogens with zero attached hydrogens (tertiary/aromatic N) is 3. The van der Waals surface area contributed by atoms with Crippen molar-refractivity contribution in [3.63, 3.8) is 0 Å². The molecule has 12 heteroatoms. The second-order valence-electron chi connectivity index (χ2n) is 10.0. The highest BCUT2D eigenvalue weighted by Gasteiger charge is 2.51. The second kappa shape index (κ2) is 11.3. The molecular formula is C26H34F3N3O4S2. The summed E-state index contributed by atoms with van der Waals surface area (Å²) in [5.41, 5.74) is -2.55. The van der Waals surface area contributed by atoms with Crippen LogP contribution in [0.1, 0.15) is 32.3 Å². The lowest BCUT2D eigenvalue weighted by molar-refractivity contribution is -0.258. The molecular weight excluding hydrogens is 539 g/mol. The molecule has 1 aliphatic carbocycles. The van der Waals surface area contributed by atoms with Crippen LogP contribution in [0.25, 0.3) is 0 Å². The lowest BCUT2D eigenvalue weighted by atomic mass is 9.95. The minimum Gasteiger partial charge on any atom is -0.378 e. The number of rotatable bonds is 7. The third kappa shape index (κ3) is 5.85. The molecule has 0 radical (unpaired) electrons. The van der Waals surface area contributed by atoms with Crippen molar-refractivity contribution in [1.29, 1.82) is 0 Å². The zero-order valence-electron chi connectivity index (χ0n) is 21.5. The van der Waals surface area contributed by atoms with Gasteiger partial charge in [0.1, 0.15) is 0 Å². The highest BCUT2D eigenvalue weighted by atomic mass is 32.2. The maximum atomic E-state index is 13.6. The summed E-state index contributed by atoms with van der Waals surface area (Å²) in [6, 6.07) is 5.63. The van der Waals surface area contributed by atoms with Crippen molar-refractivity contribution in [2.75, 3.05) is 50.8 Å². The number of hydrogen-bond acceptors (Lipinski definition) is 7. The van der Waals surface area contributed by atoms with E-state index in [2.05, 4.69) is 11.8 Å². The largest absolute Gasteiger partial charge is 0.421 e. The Balaban J connectivity index is 1.62. The fraction of sp³-hybridized carbons (Fsp3) is 0.577. The topological polar surface area (TPSA) is 73.3 Å². The minimum absolute atomic E-state index is 0.152. The molecule has 7 nitrogen and oxygen atoms in total. The van der Waals surface area contributed by atoms with Crippen LogP contribution in [0.4, 0.5) is 18.9 Å². The van der Waals surface area contributed by atoms with Gasteiger partial charge in [-0.15, -0.1) is 0 Å². The van der Waals surface area contributed by atoms with Crippen LogP contribution in [0.3, 0.4) is 0 Å². The number of alkyl halides is 3. The number of aliphatic hydroxyl groups is 1. The van der Waals surface area contributed by atoms with Crippen molar-refractivity contribution in [3.8, 4) is 0 Å². The van der Waals surface area contributed by atoms with E-state index in [4.69, 9.17) is 17.0 Å². The summed E-state index contributed by atoms with van der Waals surface area (Å²) in [7, 11) is -3.80. The SMILES string of the molecule is CC[C@@H]1COCCN1C[C@H]1CN(S(=O)(=O)C2=CC=CCC2=S)CCN1c1ccc([C@@](C)(O)C(F)(F)F)cc1. The molecule has 1 N–H and O–H groups in total. The van der Waals surface area contributed by atoms with Crippen molar-refractivity contribution < 1.29 is 31.4 Å². The molecule has 2 heterocycles. The van der Waals surface area contributed by atoms with Gasteiger partial charge in [-0.1, -0.05) is 43.4 Å². The van der Waals surface area contributed by atoms with E-state index in [1.165, 1.54) is 16.4 Å². The molecule has 0 bridgehead atoms. The second-order valence-corrected chi connectivity index (χ2v) is 12.4. The maximum absolute atomic E-state index is 13.6. The highest BCUT2D eigenvalue weighted by Crippen LogP contribution is 2.39. The summed E-state index contributed by atoms with van der Waals surface area (Å²) in [6.45, 7) is 6.05. The molecule has 38 heavy (non-hydrogen) atoms. The van der Waals surface area contributed by atoms with E-state index in [9.17, 15) is 26.7 Å². The number of anilines is 1. The third-order valence-electron chi connectivity index (χ3n) is 7.60. The summed E-state index contributed by atoms with van der Waals surface area (Å²) >= 11 is 5.35. The van der Waals surface area contributed by atoms with E-state index in [-0.39, 0.29) is 35.6 Å². The Morgan fingerprint density at radius 3 is 2.47 bits per heavy atom. The van der Waals surface area contributed by atoms with Crippen LogP contribution in [0.2, 0.25) is 0 Å². The van der Waals surface area contributed by atoms with Crippen LogP contribution in [0, 0.1) is 0 Å². The number of halogens is 3. The smallest absolute Gasteiger partial charge is 0.378 e. The van der Waals surface area contributed by atoms with Crippen molar-refractivity contribution in [1.82, 2.24) is 9.21 Å². The van der Waals surface area contributed by atoms with Crippen LogP contribution >= 0.6 is 12.2 Å². The number of piperazine rings is 1. The molecule has 0 amide bonds. The zero-order chi connectivity index (χ0) is 27.7. The Labute approximate surface area is 227 Å². The van der Waals surface area contributed by atoms with E-state index in [0.717, 1.165) is 13.3 Å². The summed E-state index contributed by atoms with van der Waals surface area (Å²) in [5.74, 6) is 0. The molecule has 0 saturated carbocycles. The predicted octanol–water partition coefficient (Wildman–Crippen LogP) is 3.60. The van der Waals surface area contributed by atoms with Crippen LogP contribution in [-0.4, -0.2) is 91.8 Å². The fourth-order valence-corrected chi connectivity index (χ4v) is 7.22. The minimum atomic E-state index is -4.81. The quantitative estimate of drug-likeness (QED) is 0.500. The normalized spacial score (nSPS) is 25.8. The summed E-state index contributed by atoms with van der Waals surface area (Å²) in [6.07, 6.45) is 1.54. The zero-order valence-corrected chi connectivity index (χ0v) is 23.2. The number of ether oxygens (including phenoxy) is 1. The van der Waals surface area contributed by atoms with Gasteiger partial charge in [-0.2, -0.15) is 17.5 Å². The lowest BCUT2D eigenvalue weighted by Gasteiger charge is -2.46. The van der Waals surface area contributed by atoms with Gasteiger partial charge >= 0.3 is 6.18 Å². The monoisotopic (exact) mass is 573 g/mol. The van der Waals surface area contributed by atoms with Gasteiger partial charge in [0, 0.05) is 55.7 Å². The predicted molar refractivity (Wildman–Crippen MR) is 145 cm³/mol. The number of hydrogen-bond donors (Lipinski definition) is 1. The van der Waals surface area contributed by atoms with E-state index in [1.54, 1.807) is 24.3 Å². The summed E-state index contributed by atoms with van der Waals surface area (Å²) in [4.78, 5) is 4.89. The van der Waals surface area contributed by atoms with Crippen LogP contribution < -0.4 is 4.90 Å². The first-order valence-corrected chi connectivity index (χ1v) is 14.6. The van der Waals surface area contributed by atoms with Gasteiger partial charge in [-0.05, 0) is 37.1 Å². The first-order chi connectivity index (χ1) is 17.9. The van der Waals surface area contributed by atoms with Crippen LogP contribution in [0.15, 0.2) is 47.4 Å². The first-order valence-electron chi connectivity index (χ1n) is 12.7. The molecule has 1 aromatic rings. The Hall–Kier alpha value is -1.83. The van der Waals surface area contributed by atoms with Crippen molar-refractivity contribution in [2.24, 2.45) is 0 Å². The Morgan fingerprint density at radius 2 is 1.84 bits per heavy atom. The molecule has 1 aromatic carbocycles. The number of allylic oxidation sites excluding steroid dienone is 4. The molecule has 0 spiro atoms. The number of benzene rings is 1. The number of sulfonamides is 1. The molecule has 0 unspecified atom stereocenters. The van der Waals surface area contributed by atoms with Crippen molar-refractivity contribution in [3.05, 3.63) is 53.0 Å². The van der Waals surface area contributed by atoms with E-state index in [1.807, 2.05) is 11.0 Å². The van der Waals surface area contributed by atoms with Crippen LogP contribution in [0.5, 0.6) is 0 Å². The Morgan fingerprint density at radius 1 is 1.13 bits per heavy atom. The van der Waals surface area contributed by atoms with Crippen molar-refractivity contribution >= 4 is 32.8 Å². The van der Waals surface area contributed by atoms with Crippen LogP contribution in [-0.2, 0) is 20.4 Å². The molecule has 4 rings (SSSR count). The molecule has 210 valence electrons. The molecule has 3 aliphatic rings. The van der Waals surface area contributed by atoms with Gasteiger partial charge in [-0.3, -0.25) is 4.90 Å². The fourth-order valence-electron chi connectivity index (χ4n) is 5.15. The van der Waals surface area contributed by atoms with Gasteiger partial charge in [0.15, 0.2) is 5.60 Å². The highest BCUT2D eigenvalue weighted by molar-refractivity contribution is 7.96. The van der Waals surface area contributed by atoms with E-state index < -0.39 is 21.8 Å². The Bertz CT molecular complexity index is 1180. The van der Waals surface area contributed by atoms with Gasteiger partial charge in [-0.25, -0.2) is 8.42 Å². The van der Waals surface area contributed by atoms with E-state index >= 15 is 0 Å². The number of thiocarbonyl (C=S) groups is 1. The molecule has 2 aliphatic heterocycles.